The molecule has 1 aromatic carbocycles. The van der Waals surface area contributed by atoms with E-state index in [-0.39, 0.29) is 23.5 Å². The Labute approximate surface area is 210 Å². The Hall–Kier alpha value is -4.01. The number of ketones is 1. The molecule has 1 N–H and O–H groups in total. The van der Waals surface area contributed by atoms with Crippen LogP contribution in [0.25, 0.3) is 6.08 Å². The van der Waals surface area contributed by atoms with Crippen molar-refractivity contribution in [2.45, 2.75) is 25.7 Å². The van der Waals surface area contributed by atoms with Crippen molar-refractivity contribution in [3.63, 3.8) is 0 Å². The van der Waals surface area contributed by atoms with Gasteiger partial charge in [0.05, 0.1) is 12.8 Å². The van der Waals surface area contributed by atoms with Crippen LogP contribution in [0.5, 0.6) is 0 Å². The molecule has 0 radical (unpaired) electrons. The molecule has 0 spiro atoms. The fourth-order valence-corrected chi connectivity index (χ4v) is 4.51. The molecule has 2 aliphatic rings. The summed E-state index contributed by atoms with van der Waals surface area (Å²) in [7, 11) is 1.26. The number of aromatic nitrogens is 1. The number of piperidine rings is 1. The number of hydrogen-bond donors (Lipinski definition) is 1. The molecule has 4 rings (SSSR count). The lowest BCUT2D eigenvalue weighted by Gasteiger charge is -2.33. The van der Waals surface area contributed by atoms with Crippen molar-refractivity contribution in [1.82, 2.24) is 14.8 Å². The Balaban J connectivity index is 1.31. The summed E-state index contributed by atoms with van der Waals surface area (Å²) in [6.45, 7) is 2.83. The van der Waals surface area contributed by atoms with Crippen LogP contribution >= 0.6 is 0 Å². The second kappa shape index (κ2) is 11.6. The molecule has 0 saturated carbocycles. The summed E-state index contributed by atoms with van der Waals surface area (Å²) in [5.74, 6) is 0.227. The second-order valence-corrected chi connectivity index (χ2v) is 8.94. The zero-order valence-electron chi connectivity index (χ0n) is 20.3. The first-order valence-electron chi connectivity index (χ1n) is 12.2. The van der Waals surface area contributed by atoms with Crippen LogP contribution in [0.1, 0.15) is 52.1 Å². The number of benzene rings is 1. The minimum Gasteiger partial charge on any atom is -0.453 e. The molecule has 3 amide bonds. The van der Waals surface area contributed by atoms with E-state index in [0.29, 0.717) is 48.6 Å². The number of ether oxygens (including phenoxy) is 1. The van der Waals surface area contributed by atoms with E-state index in [1.54, 1.807) is 53.4 Å². The minimum atomic E-state index is -0.630. The van der Waals surface area contributed by atoms with Gasteiger partial charge in [-0.25, -0.2) is 9.78 Å². The van der Waals surface area contributed by atoms with Crippen molar-refractivity contribution in [3.05, 3.63) is 65.4 Å². The van der Waals surface area contributed by atoms with Crippen molar-refractivity contribution < 1.29 is 23.9 Å². The van der Waals surface area contributed by atoms with Crippen molar-refractivity contribution in [2.24, 2.45) is 5.92 Å². The van der Waals surface area contributed by atoms with E-state index >= 15 is 0 Å². The molecule has 188 valence electrons. The third-order valence-electron chi connectivity index (χ3n) is 6.56. The van der Waals surface area contributed by atoms with Crippen LogP contribution in [0.3, 0.4) is 0 Å². The standard InChI is InChI=1S/C27H30N4O5/c1-36-27(35)29-24-6-4-5-22(28-24)11-12-23(32)19-7-9-20(10-8-19)25(33)31-17-13-21(14-18-31)26(34)30-15-2-3-16-30/h4-12,21H,2-3,13-18H2,1H3,(H,28,29,35)/b12-11+. The van der Waals surface area contributed by atoms with Gasteiger partial charge in [0.2, 0.25) is 5.91 Å². The van der Waals surface area contributed by atoms with Crippen LogP contribution < -0.4 is 5.32 Å². The van der Waals surface area contributed by atoms with Crippen molar-refractivity contribution in [1.29, 1.82) is 0 Å². The first kappa shape index (κ1) is 25.1. The van der Waals surface area contributed by atoms with Gasteiger partial charge in [-0.05, 0) is 62.1 Å². The number of nitrogens with zero attached hydrogens (tertiary/aromatic N) is 3. The molecule has 9 nitrogen and oxygen atoms in total. The molecule has 0 atom stereocenters. The molecule has 9 heteroatoms. The number of allylic oxidation sites excluding steroid dienone is 1. The van der Waals surface area contributed by atoms with Crippen molar-refractivity contribution in [3.8, 4) is 0 Å². The lowest BCUT2D eigenvalue weighted by Crippen LogP contribution is -2.43. The first-order valence-corrected chi connectivity index (χ1v) is 12.2. The van der Waals surface area contributed by atoms with Gasteiger partial charge < -0.3 is 14.5 Å². The molecule has 2 aliphatic heterocycles. The van der Waals surface area contributed by atoms with Crippen LogP contribution in [0.4, 0.5) is 10.6 Å². The number of rotatable bonds is 6. The summed E-state index contributed by atoms with van der Waals surface area (Å²) in [6, 6.07) is 11.6. The van der Waals surface area contributed by atoms with Gasteiger partial charge in [0.15, 0.2) is 5.78 Å². The van der Waals surface area contributed by atoms with E-state index in [1.165, 1.54) is 13.2 Å². The fourth-order valence-electron chi connectivity index (χ4n) is 4.51. The number of carbonyl (C=O) groups excluding carboxylic acids is 4. The average Bonchev–Trinajstić information content (AvgIpc) is 3.46. The maximum atomic E-state index is 12.9. The van der Waals surface area contributed by atoms with Crippen LogP contribution in [0.2, 0.25) is 0 Å². The van der Waals surface area contributed by atoms with E-state index < -0.39 is 6.09 Å². The third kappa shape index (κ3) is 6.16. The summed E-state index contributed by atoms with van der Waals surface area (Å²) in [5, 5.41) is 2.47. The highest BCUT2D eigenvalue weighted by atomic mass is 16.5. The summed E-state index contributed by atoms with van der Waals surface area (Å²) < 4.78 is 4.54. The number of pyridine rings is 1. The number of nitrogens with one attached hydrogen (secondary N) is 1. The van der Waals surface area contributed by atoms with Gasteiger partial charge in [0.1, 0.15) is 5.82 Å². The molecule has 0 aliphatic carbocycles. The van der Waals surface area contributed by atoms with Gasteiger partial charge in [-0.2, -0.15) is 0 Å². The van der Waals surface area contributed by atoms with Gasteiger partial charge in [-0.1, -0.05) is 18.2 Å². The first-order chi connectivity index (χ1) is 17.4. The molecule has 3 heterocycles. The molecule has 1 aromatic heterocycles. The monoisotopic (exact) mass is 490 g/mol. The predicted molar refractivity (Wildman–Crippen MR) is 135 cm³/mol. The molecular weight excluding hydrogens is 460 g/mol. The molecule has 2 saturated heterocycles. The van der Waals surface area contributed by atoms with Gasteiger partial charge in [-0.3, -0.25) is 19.7 Å². The highest BCUT2D eigenvalue weighted by Gasteiger charge is 2.31. The van der Waals surface area contributed by atoms with Crippen molar-refractivity contribution in [2.75, 3.05) is 38.6 Å². The van der Waals surface area contributed by atoms with Crippen LogP contribution in [0.15, 0.2) is 48.5 Å². The highest BCUT2D eigenvalue weighted by molar-refractivity contribution is 6.07. The number of amides is 3. The van der Waals surface area contributed by atoms with E-state index in [9.17, 15) is 19.2 Å². The largest absolute Gasteiger partial charge is 0.453 e. The predicted octanol–water partition coefficient (Wildman–Crippen LogP) is 3.63. The average molecular weight is 491 g/mol. The summed E-state index contributed by atoms with van der Waals surface area (Å²) in [6.07, 6.45) is 5.85. The Bertz CT molecular complexity index is 1150. The Morgan fingerprint density at radius 2 is 1.58 bits per heavy atom. The number of likely N-dealkylation sites (tertiary alicyclic amines) is 2. The molecule has 0 unspecified atom stereocenters. The van der Waals surface area contributed by atoms with Gasteiger partial charge in [-0.15, -0.1) is 0 Å². The van der Waals surface area contributed by atoms with Crippen LogP contribution in [-0.4, -0.2) is 71.8 Å². The van der Waals surface area contributed by atoms with E-state index in [0.717, 1.165) is 25.9 Å². The van der Waals surface area contributed by atoms with E-state index in [4.69, 9.17) is 0 Å². The SMILES string of the molecule is COC(=O)Nc1cccc(/C=C/C(=O)c2ccc(C(=O)N3CCC(C(=O)N4CCCC4)CC3)cc2)n1. The van der Waals surface area contributed by atoms with Gasteiger partial charge >= 0.3 is 6.09 Å². The zero-order chi connectivity index (χ0) is 25.5. The Morgan fingerprint density at radius 3 is 2.25 bits per heavy atom. The smallest absolute Gasteiger partial charge is 0.412 e. The van der Waals surface area contributed by atoms with Crippen LogP contribution in [-0.2, 0) is 9.53 Å². The zero-order valence-corrected chi connectivity index (χ0v) is 20.3. The third-order valence-corrected chi connectivity index (χ3v) is 6.56. The lowest BCUT2D eigenvalue weighted by atomic mass is 9.94. The Morgan fingerprint density at radius 1 is 0.917 bits per heavy atom. The maximum absolute atomic E-state index is 12.9. The van der Waals surface area contributed by atoms with Crippen molar-refractivity contribution >= 4 is 35.6 Å². The number of carbonyl (C=O) groups is 4. The van der Waals surface area contributed by atoms with Gasteiger partial charge in [0.25, 0.3) is 5.91 Å². The number of methoxy groups -OCH3 is 1. The highest BCUT2D eigenvalue weighted by Crippen LogP contribution is 2.23. The van der Waals surface area contributed by atoms with E-state index in [2.05, 4.69) is 15.0 Å². The Kier molecular flexibility index (Phi) is 8.10. The topological polar surface area (TPSA) is 109 Å². The molecule has 36 heavy (non-hydrogen) atoms. The van der Waals surface area contributed by atoms with E-state index in [1.807, 2.05) is 4.90 Å². The second-order valence-electron chi connectivity index (χ2n) is 8.94. The lowest BCUT2D eigenvalue weighted by molar-refractivity contribution is -0.135. The summed E-state index contributed by atoms with van der Waals surface area (Å²) in [5.41, 5.74) is 1.46. The molecular formula is C27H30N4O5. The molecule has 0 bridgehead atoms. The van der Waals surface area contributed by atoms with Crippen LogP contribution in [0, 0.1) is 5.92 Å². The molecule has 2 fully saturated rings. The molecule has 2 aromatic rings. The minimum absolute atomic E-state index is 0.00497. The number of hydrogen-bond acceptors (Lipinski definition) is 6. The quantitative estimate of drug-likeness (QED) is 0.489. The normalized spacial score (nSPS) is 16.2. The summed E-state index contributed by atoms with van der Waals surface area (Å²) in [4.78, 5) is 57.4. The fraction of sp³-hybridized carbons (Fsp3) is 0.370. The maximum Gasteiger partial charge on any atom is 0.412 e. The van der Waals surface area contributed by atoms with Gasteiger partial charge in [0, 0.05) is 43.2 Å². The summed E-state index contributed by atoms with van der Waals surface area (Å²) >= 11 is 0. The number of anilines is 1.